The fourth-order valence-corrected chi connectivity index (χ4v) is 0.819. The summed E-state index contributed by atoms with van der Waals surface area (Å²) in [6, 6.07) is 0. The molecule has 11 heavy (non-hydrogen) atoms. The lowest BCUT2D eigenvalue weighted by Crippen LogP contribution is -1.99. The highest BCUT2D eigenvalue weighted by molar-refractivity contribution is 5.41. The summed E-state index contributed by atoms with van der Waals surface area (Å²) in [6.45, 7) is 7.00. The van der Waals surface area contributed by atoms with Gasteiger partial charge in [-0.2, -0.15) is 0 Å². The van der Waals surface area contributed by atoms with Crippen LogP contribution in [-0.2, 0) is 0 Å². The Kier molecular flexibility index (Phi) is 2.52. The third kappa shape index (κ3) is 1.73. The van der Waals surface area contributed by atoms with Gasteiger partial charge in [0.15, 0.2) is 0 Å². The Balaban J connectivity index is 2.63. The van der Waals surface area contributed by atoms with Crippen molar-refractivity contribution in [1.82, 2.24) is 5.16 Å². The van der Waals surface area contributed by atoms with Gasteiger partial charge in [0, 0.05) is 12.1 Å². The van der Waals surface area contributed by atoms with Crippen molar-refractivity contribution in [1.29, 1.82) is 0 Å². The third-order valence-electron chi connectivity index (χ3n) is 1.69. The first kappa shape index (κ1) is 8.11. The summed E-state index contributed by atoms with van der Waals surface area (Å²) in [7, 11) is 0. The summed E-state index contributed by atoms with van der Waals surface area (Å²) in [5.41, 5.74) is 2.07. The van der Waals surface area contributed by atoms with Gasteiger partial charge in [-0.25, -0.2) is 0 Å². The van der Waals surface area contributed by atoms with Crippen LogP contribution in [0.3, 0.4) is 0 Å². The molecule has 0 spiro atoms. The molecule has 1 heterocycles. The van der Waals surface area contributed by atoms with Crippen molar-refractivity contribution < 1.29 is 4.52 Å². The van der Waals surface area contributed by atoms with Crippen molar-refractivity contribution in [2.45, 2.75) is 27.2 Å². The van der Waals surface area contributed by atoms with Crippen molar-refractivity contribution >= 4 is 5.88 Å². The molecule has 3 nitrogen and oxygen atoms in total. The smallest absolute Gasteiger partial charge is 0.227 e. The zero-order valence-electron chi connectivity index (χ0n) is 7.27. The summed E-state index contributed by atoms with van der Waals surface area (Å²) in [5.74, 6) is 0.810. The third-order valence-corrected chi connectivity index (χ3v) is 1.69. The van der Waals surface area contributed by atoms with Crippen LogP contribution in [0.1, 0.15) is 24.6 Å². The SMILES string of the molecule is CCCNc1onc(C)c1C. The van der Waals surface area contributed by atoms with Crippen molar-refractivity contribution in [3.05, 3.63) is 11.3 Å². The largest absolute Gasteiger partial charge is 0.354 e. The maximum absolute atomic E-state index is 5.04. The molecule has 0 atom stereocenters. The Hall–Kier alpha value is -0.990. The number of rotatable bonds is 3. The first-order valence-corrected chi connectivity index (χ1v) is 3.92. The summed E-state index contributed by atoms with van der Waals surface area (Å²) < 4.78 is 5.04. The molecule has 1 aromatic rings. The highest BCUT2D eigenvalue weighted by Gasteiger charge is 2.05. The minimum absolute atomic E-state index is 0.810. The summed E-state index contributed by atoms with van der Waals surface area (Å²) in [5, 5.41) is 6.99. The van der Waals surface area contributed by atoms with Gasteiger partial charge in [-0.05, 0) is 20.3 Å². The van der Waals surface area contributed by atoms with E-state index in [1.807, 2.05) is 13.8 Å². The van der Waals surface area contributed by atoms with Crippen LogP contribution in [0.5, 0.6) is 0 Å². The van der Waals surface area contributed by atoms with Crippen LogP contribution in [0.2, 0.25) is 0 Å². The molecule has 1 rings (SSSR count). The summed E-state index contributed by atoms with van der Waals surface area (Å²) >= 11 is 0. The zero-order valence-corrected chi connectivity index (χ0v) is 7.27. The van der Waals surface area contributed by atoms with Crippen molar-refractivity contribution in [2.24, 2.45) is 0 Å². The molecular formula is C8H14N2O. The number of hydrogen-bond donors (Lipinski definition) is 1. The van der Waals surface area contributed by atoms with Crippen molar-refractivity contribution in [2.75, 3.05) is 11.9 Å². The van der Waals surface area contributed by atoms with Crippen LogP contribution < -0.4 is 5.32 Å². The van der Waals surface area contributed by atoms with Crippen molar-refractivity contribution in [3.63, 3.8) is 0 Å². The number of nitrogens with zero attached hydrogens (tertiary/aromatic N) is 1. The van der Waals surface area contributed by atoms with E-state index < -0.39 is 0 Å². The van der Waals surface area contributed by atoms with Gasteiger partial charge in [0.25, 0.3) is 0 Å². The Morgan fingerprint density at radius 1 is 1.45 bits per heavy atom. The first-order valence-electron chi connectivity index (χ1n) is 3.92. The number of anilines is 1. The predicted molar refractivity (Wildman–Crippen MR) is 44.8 cm³/mol. The molecule has 3 heteroatoms. The summed E-state index contributed by atoms with van der Waals surface area (Å²) in [6.07, 6.45) is 1.10. The molecule has 0 aromatic carbocycles. The molecular weight excluding hydrogens is 140 g/mol. The normalized spacial score (nSPS) is 10.1. The van der Waals surface area contributed by atoms with Crippen LogP contribution in [-0.4, -0.2) is 11.7 Å². The van der Waals surface area contributed by atoms with Gasteiger partial charge in [-0.3, -0.25) is 0 Å². The average Bonchev–Trinajstić information content (AvgIpc) is 2.31. The van der Waals surface area contributed by atoms with E-state index in [4.69, 9.17) is 4.52 Å². The second-order valence-corrected chi connectivity index (χ2v) is 2.65. The van der Waals surface area contributed by atoms with Crippen LogP contribution in [0.15, 0.2) is 4.52 Å². The van der Waals surface area contributed by atoms with Crippen LogP contribution in [0, 0.1) is 13.8 Å². The molecule has 0 radical (unpaired) electrons. The maximum Gasteiger partial charge on any atom is 0.227 e. The van der Waals surface area contributed by atoms with Gasteiger partial charge in [-0.1, -0.05) is 12.1 Å². The Morgan fingerprint density at radius 3 is 2.64 bits per heavy atom. The molecule has 0 aliphatic carbocycles. The van der Waals surface area contributed by atoms with Crippen LogP contribution in [0.4, 0.5) is 5.88 Å². The van der Waals surface area contributed by atoms with E-state index in [9.17, 15) is 0 Å². The summed E-state index contributed by atoms with van der Waals surface area (Å²) in [4.78, 5) is 0. The molecule has 1 aromatic heterocycles. The van der Waals surface area contributed by atoms with Gasteiger partial charge in [0.1, 0.15) is 0 Å². The molecule has 0 fully saturated rings. The number of hydrogen-bond acceptors (Lipinski definition) is 3. The Labute approximate surface area is 66.8 Å². The van der Waals surface area contributed by atoms with E-state index in [2.05, 4.69) is 17.4 Å². The first-order chi connectivity index (χ1) is 5.25. The zero-order chi connectivity index (χ0) is 8.27. The Morgan fingerprint density at radius 2 is 2.18 bits per heavy atom. The van der Waals surface area contributed by atoms with E-state index in [0.29, 0.717) is 0 Å². The van der Waals surface area contributed by atoms with Gasteiger partial charge < -0.3 is 9.84 Å². The molecule has 0 amide bonds. The number of nitrogens with one attached hydrogen (secondary N) is 1. The molecule has 0 bridgehead atoms. The minimum atomic E-state index is 0.810. The van der Waals surface area contributed by atoms with E-state index in [1.165, 1.54) is 0 Å². The predicted octanol–water partition coefficient (Wildman–Crippen LogP) is 2.11. The van der Waals surface area contributed by atoms with E-state index in [1.54, 1.807) is 0 Å². The van der Waals surface area contributed by atoms with E-state index in [-0.39, 0.29) is 0 Å². The lowest BCUT2D eigenvalue weighted by Gasteiger charge is -1.98. The molecule has 0 aliphatic heterocycles. The van der Waals surface area contributed by atoms with Crippen LogP contribution >= 0.6 is 0 Å². The Bertz CT molecular complexity index is 230. The highest BCUT2D eigenvalue weighted by Crippen LogP contribution is 2.16. The highest BCUT2D eigenvalue weighted by atomic mass is 16.5. The minimum Gasteiger partial charge on any atom is -0.354 e. The number of aryl methyl sites for hydroxylation is 1. The van der Waals surface area contributed by atoms with Gasteiger partial charge >= 0.3 is 0 Å². The van der Waals surface area contributed by atoms with E-state index >= 15 is 0 Å². The molecule has 0 saturated heterocycles. The quantitative estimate of drug-likeness (QED) is 0.724. The second-order valence-electron chi connectivity index (χ2n) is 2.65. The standard InChI is InChI=1S/C8H14N2O/c1-4-5-9-8-6(2)7(3)10-11-8/h9H,4-5H2,1-3H3. The van der Waals surface area contributed by atoms with Crippen LogP contribution in [0.25, 0.3) is 0 Å². The second kappa shape index (κ2) is 3.42. The molecule has 0 saturated carbocycles. The molecule has 0 unspecified atom stereocenters. The molecule has 62 valence electrons. The monoisotopic (exact) mass is 154 g/mol. The lowest BCUT2D eigenvalue weighted by atomic mass is 10.3. The lowest BCUT2D eigenvalue weighted by molar-refractivity contribution is 0.426. The number of aromatic nitrogens is 1. The van der Waals surface area contributed by atoms with E-state index in [0.717, 1.165) is 30.1 Å². The fraction of sp³-hybridized carbons (Fsp3) is 0.625. The van der Waals surface area contributed by atoms with Crippen molar-refractivity contribution in [3.8, 4) is 0 Å². The van der Waals surface area contributed by atoms with Gasteiger partial charge in [0.05, 0.1) is 5.69 Å². The van der Waals surface area contributed by atoms with Gasteiger partial charge in [-0.15, -0.1) is 0 Å². The molecule has 1 N–H and O–H groups in total. The van der Waals surface area contributed by atoms with Gasteiger partial charge in [0.2, 0.25) is 5.88 Å². The maximum atomic E-state index is 5.04. The molecule has 0 aliphatic rings. The fourth-order valence-electron chi connectivity index (χ4n) is 0.819. The average molecular weight is 154 g/mol. The topological polar surface area (TPSA) is 38.1 Å².